The second-order valence-electron chi connectivity index (χ2n) is 12.7. The molecule has 44 heavy (non-hydrogen) atoms. The monoisotopic (exact) mass is 643 g/mol. The van der Waals surface area contributed by atoms with Crippen LogP contribution in [0.15, 0.2) is 24.3 Å². The molecule has 1 amide bonds. The normalized spacial score (nSPS) is 14.4. The summed E-state index contributed by atoms with van der Waals surface area (Å²) in [6.07, 6.45) is 33.4. The number of nitrogens with one attached hydrogen (secondary N) is 1. The van der Waals surface area contributed by atoms with Crippen LogP contribution in [0.4, 0.5) is 0 Å². The molecule has 3 atom stereocenters. The lowest BCUT2D eigenvalue weighted by molar-refractivity contribution is -0.131. The van der Waals surface area contributed by atoms with Gasteiger partial charge in [-0.1, -0.05) is 160 Å². The maximum Gasteiger partial charge on any atom is 0.266 e. The molecule has 0 aromatic heterocycles. The molecule has 0 aliphatic heterocycles. The Balaban J connectivity index is 4.00. The molecule has 0 heterocycles. The zero-order chi connectivity index (χ0) is 32.7. The Kier molecular flexibility index (Phi) is 29.6. The van der Waals surface area contributed by atoms with E-state index in [1.165, 1.54) is 89.9 Å². The van der Waals surface area contributed by atoms with Gasteiger partial charge in [-0.3, -0.25) is 9.35 Å². The van der Waals surface area contributed by atoms with Crippen molar-refractivity contribution < 1.29 is 28.0 Å². The molecule has 0 rings (SSSR count). The van der Waals surface area contributed by atoms with Crippen LogP contribution in [-0.4, -0.2) is 53.1 Å². The minimum Gasteiger partial charge on any atom is -0.391 e. The van der Waals surface area contributed by atoms with Gasteiger partial charge in [0.15, 0.2) is 0 Å². The predicted molar refractivity (Wildman–Crippen MR) is 185 cm³/mol. The van der Waals surface area contributed by atoms with Crippen LogP contribution in [0.5, 0.6) is 0 Å². The van der Waals surface area contributed by atoms with Crippen molar-refractivity contribution in [3.63, 3.8) is 0 Å². The summed E-state index contributed by atoms with van der Waals surface area (Å²) in [5.74, 6) is -1.46. The number of aliphatic hydroxyl groups is 2. The van der Waals surface area contributed by atoms with Crippen molar-refractivity contribution in [1.29, 1.82) is 0 Å². The maximum atomic E-state index is 12.5. The van der Waals surface area contributed by atoms with E-state index in [2.05, 4.69) is 43.5 Å². The molecule has 0 radical (unpaired) electrons. The van der Waals surface area contributed by atoms with Gasteiger partial charge in [0.25, 0.3) is 10.1 Å². The molecule has 260 valence electrons. The first-order valence-corrected chi connectivity index (χ1v) is 19.8. The Morgan fingerprint density at radius 3 is 1.48 bits per heavy atom. The SMILES string of the molecule is CCCCC/C=C\C=C/CCCCCCCCCCCC(O)C(=O)NC(CS(=O)(=O)O)C(O)CCCCCCCCCCC. The molecular formula is C36H69NO6S. The van der Waals surface area contributed by atoms with Gasteiger partial charge in [0.1, 0.15) is 6.10 Å². The first-order chi connectivity index (χ1) is 21.2. The molecule has 4 N–H and O–H groups in total. The van der Waals surface area contributed by atoms with Gasteiger partial charge < -0.3 is 15.5 Å². The number of rotatable bonds is 32. The van der Waals surface area contributed by atoms with Crippen molar-refractivity contribution in [2.45, 2.75) is 193 Å². The van der Waals surface area contributed by atoms with Gasteiger partial charge in [-0.05, 0) is 38.5 Å². The summed E-state index contributed by atoms with van der Waals surface area (Å²) in [5, 5.41) is 23.4. The number of hydrogen-bond donors (Lipinski definition) is 4. The molecular weight excluding hydrogens is 574 g/mol. The average Bonchev–Trinajstić information content (AvgIpc) is 2.98. The van der Waals surface area contributed by atoms with Crippen molar-refractivity contribution in [2.75, 3.05) is 5.75 Å². The van der Waals surface area contributed by atoms with E-state index < -0.39 is 40.0 Å². The van der Waals surface area contributed by atoms with Crippen molar-refractivity contribution >= 4 is 16.0 Å². The molecule has 8 heteroatoms. The Morgan fingerprint density at radius 1 is 0.614 bits per heavy atom. The van der Waals surface area contributed by atoms with Gasteiger partial charge in [-0.25, -0.2) is 0 Å². The van der Waals surface area contributed by atoms with E-state index in [0.717, 1.165) is 44.9 Å². The first kappa shape index (κ1) is 42.8. The summed E-state index contributed by atoms with van der Waals surface area (Å²) in [6, 6.07) is -1.14. The van der Waals surface area contributed by atoms with E-state index in [4.69, 9.17) is 0 Å². The summed E-state index contributed by atoms with van der Waals surface area (Å²) < 4.78 is 32.3. The number of unbranched alkanes of at least 4 members (excludes halogenated alkanes) is 20. The van der Waals surface area contributed by atoms with Crippen LogP contribution in [-0.2, 0) is 14.9 Å². The van der Waals surface area contributed by atoms with Crippen molar-refractivity contribution in [3.05, 3.63) is 24.3 Å². The molecule has 0 saturated heterocycles. The van der Waals surface area contributed by atoms with Crippen LogP contribution in [0.25, 0.3) is 0 Å². The molecule has 0 aliphatic carbocycles. The fraction of sp³-hybridized carbons (Fsp3) is 0.861. The largest absolute Gasteiger partial charge is 0.391 e. The molecule has 0 aliphatic rings. The lowest BCUT2D eigenvalue weighted by Crippen LogP contribution is -2.50. The van der Waals surface area contributed by atoms with E-state index in [9.17, 15) is 28.0 Å². The Morgan fingerprint density at radius 2 is 1.00 bits per heavy atom. The number of allylic oxidation sites excluding steroid dienone is 4. The number of amides is 1. The van der Waals surface area contributed by atoms with Crippen molar-refractivity contribution in [3.8, 4) is 0 Å². The highest BCUT2D eigenvalue weighted by Gasteiger charge is 2.28. The number of aliphatic hydroxyl groups excluding tert-OH is 2. The minimum atomic E-state index is -4.40. The third-order valence-corrected chi connectivity index (χ3v) is 9.07. The summed E-state index contributed by atoms with van der Waals surface area (Å²) in [7, 11) is -4.40. The number of carbonyl (C=O) groups excluding carboxylic acids is 1. The number of hydrogen-bond acceptors (Lipinski definition) is 5. The van der Waals surface area contributed by atoms with Crippen LogP contribution in [0.3, 0.4) is 0 Å². The highest BCUT2D eigenvalue weighted by Crippen LogP contribution is 2.15. The fourth-order valence-electron chi connectivity index (χ4n) is 5.45. The van der Waals surface area contributed by atoms with Crippen LogP contribution in [0.1, 0.15) is 174 Å². The Labute approximate surface area is 271 Å². The summed E-state index contributed by atoms with van der Waals surface area (Å²) in [6.45, 7) is 4.43. The first-order valence-electron chi connectivity index (χ1n) is 18.1. The van der Waals surface area contributed by atoms with Gasteiger partial charge in [0.05, 0.1) is 17.9 Å². The second-order valence-corrected chi connectivity index (χ2v) is 14.2. The quantitative estimate of drug-likeness (QED) is 0.0329. The lowest BCUT2D eigenvalue weighted by atomic mass is 10.0. The molecule has 0 saturated carbocycles. The van der Waals surface area contributed by atoms with E-state index in [1.807, 2.05) is 0 Å². The van der Waals surface area contributed by atoms with E-state index >= 15 is 0 Å². The maximum absolute atomic E-state index is 12.5. The topological polar surface area (TPSA) is 124 Å². The fourth-order valence-corrected chi connectivity index (χ4v) is 6.21. The summed E-state index contributed by atoms with van der Waals surface area (Å²) >= 11 is 0. The predicted octanol–water partition coefficient (Wildman–Crippen LogP) is 8.99. The molecule has 0 bridgehead atoms. The standard InChI is InChI=1S/C36H69NO6S/c1-3-5-7-9-11-13-14-15-16-17-18-19-20-21-23-25-27-29-31-35(39)36(40)37-33(32-44(41,42)43)34(38)30-28-26-24-22-12-10-8-6-4-2/h11,13-15,33-35,38-39H,3-10,12,16-32H2,1-2H3,(H,37,40)(H,41,42,43)/b13-11-,15-14-. The van der Waals surface area contributed by atoms with E-state index in [-0.39, 0.29) is 0 Å². The van der Waals surface area contributed by atoms with Gasteiger partial charge in [-0.2, -0.15) is 8.42 Å². The molecule has 3 unspecified atom stereocenters. The summed E-state index contributed by atoms with van der Waals surface area (Å²) in [4.78, 5) is 12.5. The zero-order valence-corrected chi connectivity index (χ0v) is 29.2. The van der Waals surface area contributed by atoms with Crippen molar-refractivity contribution in [1.82, 2.24) is 5.32 Å². The lowest BCUT2D eigenvalue weighted by Gasteiger charge is -2.24. The van der Waals surface area contributed by atoms with Gasteiger partial charge in [0.2, 0.25) is 5.91 Å². The van der Waals surface area contributed by atoms with Crippen LogP contribution < -0.4 is 5.32 Å². The highest BCUT2D eigenvalue weighted by atomic mass is 32.2. The van der Waals surface area contributed by atoms with Crippen LogP contribution >= 0.6 is 0 Å². The average molecular weight is 644 g/mol. The molecule has 7 nitrogen and oxygen atoms in total. The van der Waals surface area contributed by atoms with Crippen LogP contribution in [0.2, 0.25) is 0 Å². The number of carbonyl (C=O) groups is 1. The molecule has 0 aromatic rings. The van der Waals surface area contributed by atoms with Crippen LogP contribution in [0, 0.1) is 0 Å². The Hall–Kier alpha value is -1.22. The summed E-state index contributed by atoms with van der Waals surface area (Å²) in [5.41, 5.74) is 0. The van der Waals surface area contributed by atoms with E-state index in [1.54, 1.807) is 0 Å². The molecule has 0 aromatic carbocycles. The van der Waals surface area contributed by atoms with Gasteiger partial charge in [-0.15, -0.1) is 0 Å². The molecule has 0 spiro atoms. The zero-order valence-electron chi connectivity index (χ0n) is 28.4. The second kappa shape index (κ2) is 30.4. The third kappa shape index (κ3) is 29.5. The third-order valence-electron chi connectivity index (χ3n) is 8.29. The van der Waals surface area contributed by atoms with Gasteiger partial charge in [0, 0.05) is 0 Å². The Bertz CT molecular complexity index is 813. The highest BCUT2D eigenvalue weighted by molar-refractivity contribution is 7.85. The minimum absolute atomic E-state index is 0.292. The van der Waals surface area contributed by atoms with E-state index in [0.29, 0.717) is 25.7 Å². The smallest absolute Gasteiger partial charge is 0.266 e. The molecule has 0 fully saturated rings. The van der Waals surface area contributed by atoms with Crippen molar-refractivity contribution in [2.24, 2.45) is 0 Å². The van der Waals surface area contributed by atoms with Gasteiger partial charge >= 0.3 is 0 Å².